The Balaban J connectivity index is 2.02. The summed E-state index contributed by atoms with van der Waals surface area (Å²) in [4.78, 5) is 0. The third-order valence-corrected chi connectivity index (χ3v) is 5.37. The van der Waals surface area contributed by atoms with Crippen molar-refractivity contribution in [2.45, 2.75) is 33.2 Å². The van der Waals surface area contributed by atoms with Gasteiger partial charge in [0.1, 0.15) is 0 Å². The molecular formula is C15H25N3O2S. The van der Waals surface area contributed by atoms with E-state index in [4.69, 9.17) is 0 Å². The Kier molecular flexibility index (Phi) is 5.61. The zero-order valence-electron chi connectivity index (χ0n) is 12.8. The lowest BCUT2D eigenvalue weighted by Gasteiger charge is -2.29. The first-order valence-corrected chi connectivity index (χ1v) is 9.03. The van der Waals surface area contributed by atoms with Gasteiger partial charge in [0.05, 0.1) is 5.69 Å². The van der Waals surface area contributed by atoms with Gasteiger partial charge >= 0.3 is 10.2 Å². The minimum absolute atomic E-state index is 0.605. The Morgan fingerprint density at radius 1 is 1.29 bits per heavy atom. The van der Waals surface area contributed by atoms with E-state index in [0.29, 0.717) is 24.7 Å². The van der Waals surface area contributed by atoms with Crippen LogP contribution < -0.4 is 10.0 Å². The smallest absolute Gasteiger partial charge is 0.301 e. The van der Waals surface area contributed by atoms with E-state index >= 15 is 0 Å². The molecule has 0 bridgehead atoms. The van der Waals surface area contributed by atoms with E-state index in [0.717, 1.165) is 31.5 Å². The number of piperidine rings is 1. The molecule has 0 radical (unpaired) electrons. The summed E-state index contributed by atoms with van der Waals surface area (Å²) in [7, 11) is -3.43. The molecule has 0 unspecified atom stereocenters. The number of rotatable bonds is 6. The first-order chi connectivity index (χ1) is 10.0. The SMILES string of the molecule is CCNCc1cccc(NS(=O)(=O)N2CCC(C)CC2)c1. The van der Waals surface area contributed by atoms with Gasteiger partial charge in [-0.25, -0.2) is 0 Å². The van der Waals surface area contributed by atoms with Crippen molar-refractivity contribution in [1.29, 1.82) is 0 Å². The largest absolute Gasteiger partial charge is 0.313 e. The minimum Gasteiger partial charge on any atom is -0.313 e. The standard InChI is InChI=1S/C15H25N3O2S/c1-3-16-12-14-5-4-6-15(11-14)17-21(19,20)18-9-7-13(2)8-10-18/h4-6,11,13,16-17H,3,7-10,12H2,1-2H3. The maximum atomic E-state index is 12.4. The molecule has 0 spiro atoms. The van der Waals surface area contributed by atoms with E-state index in [-0.39, 0.29) is 0 Å². The summed E-state index contributed by atoms with van der Waals surface area (Å²) in [5, 5.41) is 3.24. The maximum Gasteiger partial charge on any atom is 0.301 e. The molecule has 5 nitrogen and oxygen atoms in total. The Morgan fingerprint density at radius 3 is 2.67 bits per heavy atom. The zero-order chi connectivity index (χ0) is 15.3. The molecule has 0 atom stereocenters. The molecule has 1 fully saturated rings. The molecule has 1 heterocycles. The van der Waals surface area contributed by atoms with Gasteiger partial charge < -0.3 is 5.32 Å². The van der Waals surface area contributed by atoms with Crippen LogP contribution in [-0.4, -0.2) is 32.4 Å². The highest BCUT2D eigenvalue weighted by atomic mass is 32.2. The van der Waals surface area contributed by atoms with Crippen LogP contribution >= 0.6 is 0 Å². The van der Waals surface area contributed by atoms with Gasteiger partial charge in [0.15, 0.2) is 0 Å². The first-order valence-electron chi connectivity index (χ1n) is 7.59. The third-order valence-electron chi connectivity index (χ3n) is 3.84. The molecule has 21 heavy (non-hydrogen) atoms. The molecule has 1 aromatic carbocycles. The third kappa shape index (κ3) is 4.69. The average Bonchev–Trinajstić information content (AvgIpc) is 2.45. The van der Waals surface area contributed by atoms with Gasteiger partial charge in [0.25, 0.3) is 0 Å². The van der Waals surface area contributed by atoms with E-state index in [9.17, 15) is 8.42 Å². The Hall–Kier alpha value is -1.11. The van der Waals surface area contributed by atoms with E-state index in [1.807, 2.05) is 25.1 Å². The summed E-state index contributed by atoms with van der Waals surface area (Å²) in [6.45, 7) is 7.06. The zero-order valence-corrected chi connectivity index (χ0v) is 13.6. The van der Waals surface area contributed by atoms with Gasteiger partial charge in [-0.3, -0.25) is 4.72 Å². The lowest BCUT2D eigenvalue weighted by molar-refractivity contribution is 0.289. The number of hydrogen-bond acceptors (Lipinski definition) is 3. The molecule has 0 saturated carbocycles. The van der Waals surface area contributed by atoms with Gasteiger partial charge in [-0.05, 0) is 43.0 Å². The van der Waals surface area contributed by atoms with Crippen molar-refractivity contribution >= 4 is 15.9 Å². The summed E-state index contributed by atoms with van der Waals surface area (Å²) in [5.41, 5.74) is 1.70. The second kappa shape index (κ2) is 7.24. The normalized spacial score (nSPS) is 17.8. The Labute approximate surface area is 127 Å². The first kappa shape index (κ1) is 16.3. The molecule has 0 aliphatic carbocycles. The van der Waals surface area contributed by atoms with Crippen LogP contribution in [0, 0.1) is 5.92 Å². The van der Waals surface area contributed by atoms with E-state index in [1.165, 1.54) is 0 Å². The van der Waals surface area contributed by atoms with Crippen LogP contribution in [0.2, 0.25) is 0 Å². The molecule has 6 heteroatoms. The number of benzene rings is 1. The monoisotopic (exact) mass is 311 g/mol. The summed E-state index contributed by atoms with van der Waals surface area (Å²) < 4.78 is 29.0. The highest BCUT2D eigenvalue weighted by Crippen LogP contribution is 2.20. The molecule has 118 valence electrons. The molecule has 1 aromatic rings. The lowest BCUT2D eigenvalue weighted by atomic mass is 10.0. The Bertz CT molecular complexity index is 552. The maximum absolute atomic E-state index is 12.4. The fourth-order valence-electron chi connectivity index (χ4n) is 2.45. The Morgan fingerprint density at radius 2 is 2.00 bits per heavy atom. The van der Waals surface area contributed by atoms with Crippen LogP contribution in [0.3, 0.4) is 0 Å². The van der Waals surface area contributed by atoms with Crippen molar-refractivity contribution in [3.8, 4) is 0 Å². The number of nitrogens with one attached hydrogen (secondary N) is 2. The fourth-order valence-corrected chi connectivity index (χ4v) is 3.70. The summed E-state index contributed by atoms with van der Waals surface area (Å²) in [6.07, 6.45) is 1.86. The van der Waals surface area contributed by atoms with Crippen molar-refractivity contribution < 1.29 is 8.42 Å². The minimum atomic E-state index is -3.43. The van der Waals surface area contributed by atoms with Crippen LogP contribution in [0.25, 0.3) is 0 Å². The van der Waals surface area contributed by atoms with Crippen LogP contribution in [0.1, 0.15) is 32.3 Å². The van der Waals surface area contributed by atoms with Crippen molar-refractivity contribution in [3.63, 3.8) is 0 Å². The quantitative estimate of drug-likeness (QED) is 0.846. The van der Waals surface area contributed by atoms with Gasteiger partial charge in [0, 0.05) is 19.6 Å². The van der Waals surface area contributed by atoms with E-state index in [1.54, 1.807) is 10.4 Å². The van der Waals surface area contributed by atoms with Crippen molar-refractivity contribution in [3.05, 3.63) is 29.8 Å². The van der Waals surface area contributed by atoms with E-state index < -0.39 is 10.2 Å². The van der Waals surface area contributed by atoms with Crippen LogP contribution in [-0.2, 0) is 16.8 Å². The number of nitrogens with zero attached hydrogens (tertiary/aromatic N) is 1. The van der Waals surface area contributed by atoms with Gasteiger partial charge in [-0.1, -0.05) is 26.0 Å². The van der Waals surface area contributed by atoms with Crippen molar-refractivity contribution in [1.82, 2.24) is 9.62 Å². The highest BCUT2D eigenvalue weighted by Gasteiger charge is 2.26. The highest BCUT2D eigenvalue weighted by molar-refractivity contribution is 7.90. The van der Waals surface area contributed by atoms with Gasteiger partial charge in [0.2, 0.25) is 0 Å². The number of anilines is 1. The fraction of sp³-hybridized carbons (Fsp3) is 0.600. The average molecular weight is 311 g/mol. The molecule has 2 N–H and O–H groups in total. The summed E-state index contributed by atoms with van der Waals surface area (Å²) in [5.74, 6) is 0.611. The summed E-state index contributed by atoms with van der Waals surface area (Å²) in [6, 6.07) is 7.54. The van der Waals surface area contributed by atoms with Crippen LogP contribution in [0.15, 0.2) is 24.3 Å². The molecule has 1 aliphatic rings. The molecular weight excluding hydrogens is 286 g/mol. The topological polar surface area (TPSA) is 61.4 Å². The number of hydrogen-bond donors (Lipinski definition) is 2. The molecule has 1 aliphatic heterocycles. The molecule has 0 aromatic heterocycles. The molecule has 1 saturated heterocycles. The van der Waals surface area contributed by atoms with Gasteiger partial charge in [-0.2, -0.15) is 12.7 Å². The van der Waals surface area contributed by atoms with Crippen LogP contribution in [0.5, 0.6) is 0 Å². The van der Waals surface area contributed by atoms with Gasteiger partial charge in [-0.15, -0.1) is 0 Å². The molecule has 2 rings (SSSR count). The van der Waals surface area contributed by atoms with Crippen molar-refractivity contribution in [2.75, 3.05) is 24.4 Å². The summed E-state index contributed by atoms with van der Waals surface area (Å²) >= 11 is 0. The van der Waals surface area contributed by atoms with Crippen molar-refractivity contribution in [2.24, 2.45) is 5.92 Å². The predicted molar refractivity (Wildman–Crippen MR) is 86.3 cm³/mol. The molecule has 0 amide bonds. The second-order valence-electron chi connectivity index (χ2n) is 5.67. The second-order valence-corrected chi connectivity index (χ2v) is 7.34. The predicted octanol–water partition coefficient (Wildman–Crippen LogP) is 2.18. The van der Waals surface area contributed by atoms with Crippen LogP contribution in [0.4, 0.5) is 5.69 Å². The van der Waals surface area contributed by atoms with E-state index in [2.05, 4.69) is 17.0 Å². The lowest BCUT2D eigenvalue weighted by Crippen LogP contribution is -2.41.